The van der Waals surface area contributed by atoms with Crippen molar-refractivity contribution in [2.75, 3.05) is 7.05 Å². The summed E-state index contributed by atoms with van der Waals surface area (Å²) in [6.07, 6.45) is 0.977. The third kappa shape index (κ3) is 3.67. The van der Waals surface area contributed by atoms with Crippen molar-refractivity contribution in [3.63, 3.8) is 0 Å². The van der Waals surface area contributed by atoms with E-state index in [1.165, 1.54) is 5.56 Å². The molecule has 0 heterocycles. The van der Waals surface area contributed by atoms with Gasteiger partial charge in [-0.25, -0.2) is 0 Å². The molecule has 0 spiro atoms. The molecular weight excluding hydrogens is 229 g/mol. The highest BCUT2D eigenvalue weighted by Gasteiger charge is 2.11. The van der Waals surface area contributed by atoms with E-state index in [0.717, 1.165) is 6.42 Å². The summed E-state index contributed by atoms with van der Waals surface area (Å²) in [4.78, 5) is 0. The van der Waals surface area contributed by atoms with Gasteiger partial charge in [-0.15, -0.1) is 0 Å². The Morgan fingerprint density at radius 2 is 1.87 bits per heavy atom. The number of rotatable bonds is 4. The van der Waals surface area contributed by atoms with Crippen LogP contribution in [0.15, 0.2) is 18.2 Å². The average molecular weight is 246 g/mol. The lowest BCUT2D eigenvalue weighted by Gasteiger charge is -2.20. The number of hydrogen-bond acceptors (Lipinski definition) is 1. The molecule has 3 heteroatoms. The van der Waals surface area contributed by atoms with Crippen LogP contribution in [0.4, 0.5) is 0 Å². The van der Waals surface area contributed by atoms with Crippen LogP contribution in [0, 0.1) is 5.92 Å². The maximum atomic E-state index is 5.97. The van der Waals surface area contributed by atoms with E-state index in [1.54, 1.807) is 0 Å². The molecule has 0 radical (unpaired) electrons. The van der Waals surface area contributed by atoms with Gasteiger partial charge in [0.15, 0.2) is 0 Å². The van der Waals surface area contributed by atoms with Gasteiger partial charge in [-0.1, -0.05) is 43.1 Å². The van der Waals surface area contributed by atoms with Gasteiger partial charge >= 0.3 is 0 Å². The Kier molecular flexibility index (Phi) is 4.91. The van der Waals surface area contributed by atoms with Gasteiger partial charge < -0.3 is 5.32 Å². The van der Waals surface area contributed by atoms with Crippen molar-refractivity contribution < 1.29 is 0 Å². The van der Waals surface area contributed by atoms with E-state index in [-0.39, 0.29) is 0 Å². The largest absolute Gasteiger partial charge is 0.316 e. The Labute approximate surface area is 102 Å². The molecule has 1 N–H and O–H groups in total. The third-order valence-electron chi connectivity index (χ3n) is 2.62. The van der Waals surface area contributed by atoms with Crippen LogP contribution in [0.25, 0.3) is 0 Å². The van der Waals surface area contributed by atoms with Gasteiger partial charge in [-0.05, 0) is 37.1 Å². The molecule has 0 bridgehead atoms. The second-order valence-corrected chi connectivity index (χ2v) is 4.91. The molecule has 1 unspecified atom stereocenters. The zero-order valence-electron chi connectivity index (χ0n) is 9.35. The molecule has 0 aliphatic carbocycles. The van der Waals surface area contributed by atoms with E-state index < -0.39 is 0 Å². The monoisotopic (exact) mass is 245 g/mol. The molecule has 0 saturated heterocycles. The minimum absolute atomic E-state index is 0.474. The van der Waals surface area contributed by atoms with Gasteiger partial charge in [0.1, 0.15) is 0 Å². The SMILES string of the molecule is CNC(Cc1ccc(Cl)c(Cl)c1)C(C)C. The molecule has 1 aromatic carbocycles. The summed E-state index contributed by atoms with van der Waals surface area (Å²) in [5.41, 5.74) is 1.22. The summed E-state index contributed by atoms with van der Waals surface area (Å²) in [6, 6.07) is 6.30. The maximum absolute atomic E-state index is 5.97. The number of benzene rings is 1. The normalized spacial score (nSPS) is 13.2. The Morgan fingerprint density at radius 3 is 2.33 bits per heavy atom. The van der Waals surface area contributed by atoms with Crippen molar-refractivity contribution in [3.8, 4) is 0 Å². The van der Waals surface area contributed by atoms with Crippen LogP contribution >= 0.6 is 23.2 Å². The van der Waals surface area contributed by atoms with E-state index in [1.807, 2.05) is 25.2 Å². The minimum Gasteiger partial charge on any atom is -0.316 e. The first-order chi connectivity index (χ1) is 7.04. The highest BCUT2D eigenvalue weighted by atomic mass is 35.5. The van der Waals surface area contributed by atoms with Crippen LogP contribution in [0.3, 0.4) is 0 Å². The van der Waals surface area contributed by atoms with E-state index in [9.17, 15) is 0 Å². The summed E-state index contributed by atoms with van der Waals surface area (Å²) in [7, 11) is 1.99. The van der Waals surface area contributed by atoms with E-state index in [4.69, 9.17) is 23.2 Å². The van der Waals surface area contributed by atoms with Crippen molar-refractivity contribution in [3.05, 3.63) is 33.8 Å². The fourth-order valence-corrected chi connectivity index (χ4v) is 1.91. The van der Waals surface area contributed by atoms with Crippen molar-refractivity contribution in [2.45, 2.75) is 26.3 Å². The van der Waals surface area contributed by atoms with Gasteiger partial charge in [0.05, 0.1) is 10.0 Å². The fraction of sp³-hybridized carbons (Fsp3) is 0.500. The van der Waals surface area contributed by atoms with Crippen LogP contribution in [0.1, 0.15) is 19.4 Å². The second-order valence-electron chi connectivity index (χ2n) is 4.09. The molecular formula is C12H17Cl2N. The van der Waals surface area contributed by atoms with E-state index >= 15 is 0 Å². The summed E-state index contributed by atoms with van der Waals surface area (Å²) in [6.45, 7) is 4.41. The standard InChI is InChI=1S/C12H17Cl2N/c1-8(2)12(15-3)7-9-4-5-10(13)11(14)6-9/h4-6,8,12,15H,7H2,1-3H3. The maximum Gasteiger partial charge on any atom is 0.0595 e. The molecule has 1 atom stereocenters. The lowest BCUT2D eigenvalue weighted by molar-refractivity contribution is 0.424. The lowest BCUT2D eigenvalue weighted by atomic mass is 9.97. The predicted octanol–water partition coefficient (Wildman–Crippen LogP) is 3.78. The molecule has 0 fully saturated rings. The highest BCUT2D eigenvalue weighted by molar-refractivity contribution is 6.42. The zero-order chi connectivity index (χ0) is 11.4. The quantitative estimate of drug-likeness (QED) is 0.852. The van der Waals surface area contributed by atoms with Crippen molar-refractivity contribution in [2.24, 2.45) is 5.92 Å². The molecule has 0 aliphatic rings. The Morgan fingerprint density at radius 1 is 1.20 bits per heavy atom. The molecule has 1 aromatic rings. The summed E-state index contributed by atoms with van der Waals surface area (Å²) < 4.78 is 0. The molecule has 0 saturated carbocycles. The minimum atomic E-state index is 0.474. The summed E-state index contributed by atoms with van der Waals surface area (Å²) >= 11 is 11.8. The van der Waals surface area contributed by atoms with Crippen molar-refractivity contribution in [1.82, 2.24) is 5.32 Å². The van der Waals surface area contributed by atoms with Gasteiger partial charge in [-0.2, -0.15) is 0 Å². The number of nitrogens with one attached hydrogen (secondary N) is 1. The number of halogens is 2. The smallest absolute Gasteiger partial charge is 0.0595 e. The Hall–Kier alpha value is -0.240. The van der Waals surface area contributed by atoms with Gasteiger partial charge in [0.25, 0.3) is 0 Å². The first-order valence-electron chi connectivity index (χ1n) is 5.15. The van der Waals surface area contributed by atoms with Crippen LogP contribution in [-0.4, -0.2) is 13.1 Å². The first kappa shape index (κ1) is 12.8. The average Bonchev–Trinajstić information content (AvgIpc) is 2.19. The fourth-order valence-electron chi connectivity index (χ4n) is 1.59. The second kappa shape index (κ2) is 5.74. The summed E-state index contributed by atoms with van der Waals surface area (Å²) in [5, 5.41) is 4.56. The first-order valence-corrected chi connectivity index (χ1v) is 5.91. The van der Waals surface area contributed by atoms with Gasteiger partial charge in [0, 0.05) is 6.04 Å². The van der Waals surface area contributed by atoms with Crippen LogP contribution in [0.5, 0.6) is 0 Å². The van der Waals surface area contributed by atoms with E-state index in [0.29, 0.717) is 22.0 Å². The molecule has 0 amide bonds. The van der Waals surface area contributed by atoms with Crippen molar-refractivity contribution >= 4 is 23.2 Å². The molecule has 0 aliphatic heterocycles. The van der Waals surface area contributed by atoms with Crippen molar-refractivity contribution in [1.29, 1.82) is 0 Å². The highest BCUT2D eigenvalue weighted by Crippen LogP contribution is 2.23. The van der Waals surface area contributed by atoms with Crippen LogP contribution in [0.2, 0.25) is 10.0 Å². The van der Waals surface area contributed by atoms with Crippen LogP contribution in [-0.2, 0) is 6.42 Å². The topological polar surface area (TPSA) is 12.0 Å². The number of hydrogen-bond donors (Lipinski definition) is 1. The van der Waals surface area contributed by atoms with Crippen LogP contribution < -0.4 is 5.32 Å². The van der Waals surface area contributed by atoms with Gasteiger partial charge in [-0.3, -0.25) is 0 Å². The molecule has 15 heavy (non-hydrogen) atoms. The third-order valence-corrected chi connectivity index (χ3v) is 3.35. The Bertz CT molecular complexity index is 323. The lowest BCUT2D eigenvalue weighted by Crippen LogP contribution is -2.32. The Balaban J connectivity index is 2.75. The van der Waals surface area contributed by atoms with E-state index in [2.05, 4.69) is 19.2 Å². The number of likely N-dealkylation sites (N-methyl/N-ethyl adjacent to an activating group) is 1. The predicted molar refractivity (Wildman–Crippen MR) is 67.9 cm³/mol. The zero-order valence-corrected chi connectivity index (χ0v) is 10.9. The molecule has 1 rings (SSSR count). The molecule has 84 valence electrons. The molecule has 1 nitrogen and oxygen atoms in total. The molecule has 0 aromatic heterocycles. The van der Waals surface area contributed by atoms with Gasteiger partial charge in [0.2, 0.25) is 0 Å². The summed E-state index contributed by atoms with van der Waals surface area (Å²) in [5.74, 6) is 0.601.